The molecule has 1 atom stereocenters. The zero-order valence-electron chi connectivity index (χ0n) is 12.0. The molecule has 1 aliphatic rings. The lowest BCUT2D eigenvalue weighted by Crippen LogP contribution is -2.10. The normalized spacial score (nSPS) is 15.6. The molecule has 1 aliphatic heterocycles. The zero-order chi connectivity index (χ0) is 14.2. The molecule has 1 heterocycles. The van der Waals surface area contributed by atoms with E-state index in [0.717, 1.165) is 35.4 Å². The Morgan fingerprint density at radius 3 is 2.50 bits per heavy atom. The van der Waals surface area contributed by atoms with E-state index in [1.807, 2.05) is 24.3 Å². The third-order valence-corrected chi connectivity index (χ3v) is 3.75. The molecule has 0 saturated carbocycles. The molecule has 0 saturated heterocycles. The molecule has 0 N–H and O–H groups in total. The predicted octanol–water partition coefficient (Wildman–Crippen LogP) is 3.36. The Hall–Kier alpha value is -1.36. The molecule has 20 heavy (non-hydrogen) atoms. The van der Waals surface area contributed by atoms with Gasteiger partial charge in [0, 0.05) is 5.75 Å². The SMILES string of the molecule is CCC(C)Oc1ccc(OCCOC2=NCCS2)cc1. The minimum atomic E-state index is 0.236. The van der Waals surface area contributed by atoms with Gasteiger partial charge in [-0.15, -0.1) is 0 Å². The summed E-state index contributed by atoms with van der Waals surface area (Å²) in [6.45, 7) is 6.07. The number of benzene rings is 1. The van der Waals surface area contributed by atoms with Gasteiger partial charge in [0.15, 0.2) is 0 Å². The summed E-state index contributed by atoms with van der Waals surface area (Å²) in [6, 6.07) is 7.69. The standard InChI is InChI=1S/C15H21NO3S/c1-3-12(2)19-14-6-4-13(5-7-14)17-9-10-18-15-16-8-11-20-15/h4-7,12H,3,8-11H2,1-2H3. The summed E-state index contributed by atoms with van der Waals surface area (Å²) < 4.78 is 16.8. The van der Waals surface area contributed by atoms with Crippen molar-refractivity contribution in [2.24, 2.45) is 4.99 Å². The summed E-state index contributed by atoms with van der Waals surface area (Å²) in [5, 5.41) is 0.783. The molecule has 1 aromatic rings. The molecule has 1 unspecified atom stereocenters. The molecule has 2 rings (SSSR count). The lowest BCUT2D eigenvalue weighted by Gasteiger charge is -2.13. The first kappa shape index (κ1) is 15.0. The fourth-order valence-electron chi connectivity index (χ4n) is 1.62. The largest absolute Gasteiger partial charge is 0.491 e. The van der Waals surface area contributed by atoms with Gasteiger partial charge in [-0.3, -0.25) is 0 Å². The van der Waals surface area contributed by atoms with Gasteiger partial charge in [-0.1, -0.05) is 18.7 Å². The van der Waals surface area contributed by atoms with Crippen molar-refractivity contribution in [3.8, 4) is 11.5 Å². The van der Waals surface area contributed by atoms with Crippen LogP contribution in [-0.4, -0.2) is 36.8 Å². The van der Waals surface area contributed by atoms with Gasteiger partial charge in [0.25, 0.3) is 0 Å². The van der Waals surface area contributed by atoms with Gasteiger partial charge in [0.05, 0.1) is 12.6 Å². The van der Waals surface area contributed by atoms with E-state index >= 15 is 0 Å². The first-order valence-corrected chi connectivity index (χ1v) is 7.96. The Morgan fingerprint density at radius 2 is 1.85 bits per heavy atom. The lowest BCUT2D eigenvalue weighted by atomic mass is 10.3. The first-order chi connectivity index (χ1) is 9.78. The average molecular weight is 295 g/mol. The third-order valence-electron chi connectivity index (χ3n) is 2.87. The molecule has 0 amide bonds. The van der Waals surface area contributed by atoms with Gasteiger partial charge in [0.2, 0.25) is 5.23 Å². The fraction of sp³-hybridized carbons (Fsp3) is 0.533. The molecular weight excluding hydrogens is 274 g/mol. The summed E-state index contributed by atoms with van der Waals surface area (Å²) in [5.74, 6) is 2.72. The maximum absolute atomic E-state index is 5.71. The highest BCUT2D eigenvalue weighted by atomic mass is 32.2. The Labute approximate surface area is 124 Å². The maximum atomic E-state index is 5.71. The molecule has 110 valence electrons. The van der Waals surface area contributed by atoms with E-state index in [4.69, 9.17) is 14.2 Å². The van der Waals surface area contributed by atoms with Crippen LogP contribution in [0.1, 0.15) is 20.3 Å². The third kappa shape index (κ3) is 4.96. The molecule has 1 aromatic carbocycles. The van der Waals surface area contributed by atoms with E-state index in [1.165, 1.54) is 0 Å². The van der Waals surface area contributed by atoms with Gasteiger partial charge >= 0.3 is 0 Å². The van der Waals surface area contributed by atoms with Crippen molar-refractivity contribution in [3.63, 3.8) is 0 Å². The molecule has 0 bridgehead atoms. The van der Waals surface area contributed by atoms with Crippen LogP contribution >= 0.6 is 11.8 Å². The molecule has 0 aromatic heterocycles. The van der Waals surface area contributed by atoms with Crippen LogP contribution in [0.15, 0.2) is 29.3 Å². The van der Waals surface area contributed by atoms with Crippen LogP contribution in [0.5, 0.6) is 11.5 Å². The van der Waals surface area contributed by atoms with Gasteiger partial charge in [-0.05, 0) is 37.6 Å². The number of nitrogens with zero attached hydrogens (tertiary/aromatic N) is 1. The smallest absolute Gasteiger partial charge is 0.245 e. The Kier molecular flexibility index (Phi) is 6.05. The molecule has 0 fully saturated rings. The first-order valence-electron chi connectivity index (χ1n) is 6.97. The highest BCUT2D eigenvalue weighted by molar-refractivity contribution is 8.13. The fourth-order valence-corrected chi connectivity index (χ4v) is 2.33. The Balaban J connectivity index is 1.68. The topological polar surface area (TPSA) is 40.0 Å². The Bertz CT molecular complexity index is 433. The van der Waals surface area contributed by atoms with E-state index in [1.54, 1.807) is 11.8 Å². The van der Waals surface area contributed by atoms with Crippen molar-refractivity contribution < 1.29 is 14.2 Å². The van der Waals surface area contributed by atoms with Crippen molar-refractivity contribution in [1.82, 2.24) is 0 Å². The second kappa shape index (κ2) is 8.04. The summed E-state index contributed by atoms with van der Waals surface area (Å²) >= 11 is 1.65. The number of rotatable bonds is 7. The molecular formula is C15H21NO3S. The number of hydrogen-bond acceptors (Lipinski definition) is 5. The van der Waals surface area contributed by atoms with Crippen LogP contribution in [0.4, 0.5) is 0 Å². The molecule has 0 aliphatic carbocycles. The van der Waals surface area contributed by atoms with Crippen molar-refractivity contribution in [2.45, 2.75) is 26.4 Å². The van der Waals surface area contributed by atoms with Crippen LogP contribution < -0.4 is 9.47 Å². The Morgan fingerprint density at radius 1 is 1.15 bits per heavy atom. The minimum absolute atomic E-state index is 0.236. The summed E-state index contributed by atoms with van der Waals surface area (Å²) in [4.78, 5) is 4.21. The van der Waals surface area contributed by atoms with Crippen LogP contribution in [0.3, 0.4) is 0 Å². The highest BCUT2D eigenvalue weighted by Crippen LogP contribution is 2.19. The zero-order valence-corrected chi connectivity index (χ0v) is 12.8. The maximum Gasteiger partial charge on any atom is 0.245 e. The van der Waals surface area contributed by atoms with Crippen molar-refractivity contribution in [1.29, 1.82) is 0 Å². The number of thioether (sulfide) groups is 1. The van der Waals surface area contributed by atoms with Crippen molar-refractivity contribution >= 4 is 17.0 Å². The van der Waals surface area contributed by atoms with E-state index in [0.29, 0.717) is 13.2 Å². The second-order valence-electron chi connectivity index (χ2n) is 4.50. The highest BCUT2D eigenvalue weighted by Gasteiger charge is 2.07. The molecule has 0 spiro atoms. The van der Waals surface area contributed by atoms with Gasteiger partial charge < -0.3 is 14.2 Å². The minimum Gasteiger partial charge on any atom is -0.491 e. The van der Waals surface area contributed by atoms with Crippen molar-refractivity contribution in [2.75, 3.05) is 25.5 Å². The van der Waals surface area contributed by atoms with Gasteiger partial charge in [-0.25, -0.2) is 4.99 Å². The summed E-state index contributed by atoms with van der Waals surface area (Å²) in [5.41, 5.74) is 0. The van der Waals surface area contributed by atoms with E-state index in [2.05, 4.69) is 18.8 Å². The monoisotopic (exact) mass is 295 g/mol. The van der Waals surface area contributed by atoms with E-state index < -0.39 is 0 Å². The quantitative estimate of drug-likeness (QED) is 0.723. The van der Waals surface area contributed by atoms with Crippen molar-refractivity contribution in [3.05, 3.63) is 24.3 Å². The second-order valence-corrected chi connectivity index (χ2v) is 5.55. The molecule has 0 radical (unpaired) electrons. The predicted molar refractivity (Wildman–Crippen MR) is 83.0 cm³/mol. The van der Waals surface area contributed by atoms with Gasteiger partial charge in [0.1, 0.15) is 24.7 Å². The average Bonchev–Trinajstić information content (AvgIpc) is 2.98. The summed E-state index contributed by atoms with van der Waals surface area (Å²) in [6.07, 6.45) is 1.23. The lowest BCUT2D eigenvalue weighted by molar-refractivity contribution is 0.210. The van der Waals surface area contributed by atoms with Crippen LogP contribution in [0, 0.1) is 0 Å². The molecule has 5 heteroatoms. The molecule has 4 nitrogen and oxygen atoms in total. The number of ether oxygens (including phenoxy) is 3. The van der Waals surface area contributed by atoms with Crippen LogP contribution in [-0.2, 0) is 4.74 Å². The van der Waals surface area contributed by atoms with Crippen LogP contribution in [0.2, 0.25) is 0 Å². The summed E-state index contributed by atoms with van der Waals surface area (Å²) in [7, 11) is 0. The van der Waals surface area contributed by atoms with E-state index in [-0.39, 0.29) is 6.10 Å². The number of hydrogen-bond donors (Lipinski definition) is 0. The number of aliphatic imine (C=N–C) groups is 1. The van der Waals surface area contributed by atoms with Gasteiger partial charge in [-0.2, -0.15) is 0 Å². The van der Waals surface area contributed by atoms with Crippen LogP contribution in [0.25, 0.3) is 0 Å². The van der Waals surface area contributed by atoms with E-state index in [9.17, 15) is 0 Å².